The SMILES string of the molecule is COc1ccc(CNC2=NCC(CC(C)C)S2)cn1. The Morgan fingerprint density at radius 2 is 2.32 bits per heavy atom. The second kappa shape index (κ2) is 6.80. The Morgan fingerprint density at radius 1 is 1.47 bits per heavy atom. The number of amidine groups is 1. The molecule has 1 aromatic rings. The number of nitrogens with zero attached hydrogens (tertiary/aromatic N) is 2. The van der Waals surface area contributed by atoms with E-state index in [-0.39, 0.29) is 0 Å². The van der Waals surface area contributed by atoms with Crippen molar-refractivity contribution in [1.29, 1.82) is 0 Å². The Kier molecular flexibility index (Phi) is 5.07. The number of methoxy groups -OCH3 is 1. The van der Waals surface area contributed by atoms with Gasteiger partial charge in [-0.1, -0.05) is 31.7 Å². The van der Waals surface area contributed by atoms with Crippen molar-refractivity contribution in [3.63, 3.8) is 0 Å². The molecular weight excluding hydrogens is 258 g/mol. The summed E-state index contributed by atoms with van der Waals surface area (Å²) in [7, 11) is 1.62. The molecule has 0 bridgehead atoms. The highest BCUT2D eigenvalue weighted by Crippen LogP contribution is 2.25. The van der Waals surface area contributed by atoms with Crippen LogP contribution in [0.2, 0.25) is 0 Å². The van der Waals surface area contributed by atoms with Crippen LogP contribution in [0.5, 0.6) is 5.88 Å². The summed E-state index contributed by atoms with van der Waals surface area (Å²) in [5.74, 6) is 1.38. The number of ether oxygens (including phenoxy) is 1. The minimum absolute atomic E-state index is 0.636. The fraction of sp³-hybridized carbons (Fsp3) is 0.571. The molecule has 0 aliphatic carbocycles. The largest absolute Gasteiger partial charge is 0.481 e. The van der Waals surface area contributed by atoms with Gasteiger partial charge < -0.3 is 10.1 Å². The number of aromatic nitrogens is 1. The Morgan fingerprint density at radius 3 is 2.95 bits per heavy atom. The Hall–Kier alpha value is -1.23. The van der Waals surface area contributed by atoms with Gasteiger partial charge >= 0.3 is 0 Å². The summed E-state index contributed by atoms with van der Waals surface area (Å²) in [4.78, 5) is 8.73. The standard InChI is InChI=1S/C14H21N3OS/c1-10(2)6-12-9-17-14(19-12)16-8-11-4-5-13(18-3)15-7-11/h4-5,7,10,12H,6,8-9H2,1-3H3,(H,16,17). The highest BCUT2D eigenvalue weighted by Gasteiger charge is 2.20. The van der Waals surface area contributed by atoms with Crippen molar-refractivity contribution in [3.8, 4) is 5.88 Å². The van der Waals surface area contributed by atoms with E-state index in [0.717, 1.165) is 29.7 Å². The van der Waals surface area contributed by atoms with E-state index in [4.69, 9.17) is 4.74 Å². The van der Waals surface area contributed by atoms with Crippen LogP contribution in [-0.4, -0.2) is 29.1 Å². The molecule has 1 N–H and O–H groups in total. The highest BCUT2D eigenvalue weighted by molar-refractivity contribution is 8.14. The molecule has 1 atom stereocenters. The zero-order valence-electron chi connectivity index (χ0n) is 11.7. The predicted molar refractivity (Wildman–Crippen MR) is 80.8 cm³/mol. The molecule has 0 amide bonds. The Bertz CT molecular complexity index is 431. The van der Waals surface area contributed by atoms with Crippen LogP contribution in [-0.2, 0) is 6.54 Å². The average molecular weight is 279 g/mol. The van der Waals surface area contributed by atoms with Crippen molar-refractivity contribution in [1.82, 2.24) is 10.3 Å². The number of rotatable bonds is 5. The molecule has 1 aliphatic rings. The molecule has 2 rings (SSSR count). The second-order valence-electron chi connectivity index (χ2n) is 5.08. The van der Waals surface area contributed by atoms with E-state index < -0.39 is 0 Å². The minimum atomic E-state index is 0.636. The van der Waals surface area contributed by atoms with Gasteiger partial charge in [0, 0.05) is 24.1 Å². The molecule has 0 fully saturated rings. The summed E-state index contributed by atoms with van der Waals surface area (Å²) in [5, 5.41) is 5.06. The molecule has 0 saturated heterocycles. The van der Waals surface area contributed by atoms with Crippen LogP contribution in [0.4, 0.5) is 0 Å². The molecule has 0 saturated carbocycles. The number of hydrogen-bond acceptors (Lipinski definition) is 5. The maximum atomic E-state index is 5.04. The van der Waals surface area contributed by atoms with E-state index in [1.807, 2.05) is 30.1 Å². The van der Waals surface area contributed by atoms with Gasteiger partial charge in [0.15, 0.2) is 5.17 Å². The smallest absolute Gasteiger partial charge is 0.212 e. The molecule has 2 heterocycles. The molecule has 4 nitrogen and oxygen atoms in total. The van der Waals surface area contributed by atoms with Crippen LogP contribution < -0.4 is 10.1 Å². The lowest BCUT2D eigenvalue weighted by Crippen LogP contribution is -2.19. The van der Waals surface area contributed by atoms with Gasteiger partial charge in [-0.15, -0.1) is 0 Å². The average Bonchev–Trinajstić information content (AvgIpc) is 2.84. The molecule has 5 heteroatoms. The van der Waals surface area contributed by atoms with Crippen LogP contribution in [0.25, 0.3) is 0 Å². The van der Waals surface area contributed by atoms with Crippen LogP contribution in [0, 0.1) is 5.92 Å². The molecule has 104 valence electrons. The van der Waals surface area contributed by atoms with Crippen molar-refractivity contribution in [2.45, 2.75) is 32.1 Å². The van der Waals surface area contributed by atoms with Gasteiger partial charge in [-0.2, -0.15) is 0 Å². The molecule has 0 aromatic carbocycles. The Labute approximate surface area is 119 Å². The number of nitrogens with one attached hydrogen (secondary N) is 1. The summed E-state index contributed by atoms with van der Waals surface area (Å²) in [5.41, 5.74) is 1.14. The first-order chi connectivity index (χ1) is 9.17. The molecule has 0 spiro atoms. The summed E-state index contributed by atoms with van der Waals surface area (Å²) >= 11 is 1.86. The van der Waals surface area contributed by atoms with E-state index in [9.17, 15) is 0 Å². The summed E-state index contributed by atoms with van der Waals surface area (Å²) < 4.78 is 5.04. The molecule has 0 radical (unpaired) electrons. The van der Waals surface area contributed by atoms with Crippen LogP contribution >= 0.6 is 11.8 Å². The number of thioether (sulfide) groups is 1. The van der Waals surface area contributed by atoms with Gasteiger partial charge in [0.05, 0.1) is 13.7 Å². The van der Waals surface area contributed by atoms with Crippen molar-refractivity contribution in [2.75, 3.05) is 13.7 Å². The lowest BCUT2D eigenvalue weighted by atomic mass is 10.1. The second-order valence-corrected chi connectivity index (χ2v) is 6.37. The van der Waals surface area contributed by atoms with Crippen LogP contribution in [0.1, 0.15) is 25.8 Å². The molecule has 1 aromatic heterocycles. The van der Waals surface area contributed by atoms with Gasteiger partial charge in [0.1, 0.15) is 0 Å². The molecule has 19 heavy (non-hydrogen) atoms. The maximum Gasteiger partial charge on any atom is 0.212 e. The first-order valence-electron chi connectivity index (χ1n) is 6.61. The summed E-state index contributed by atoms with van der Waals surface area (Å²) in [6, 6.07) is 3.90. The van der Waals surface area contributed by atoms with Gasteiger partial charge in [0.25, 0.3) is 0 Å². The fourth-order valence-electron chi connectivity index (χ4n) is 1.98. The Balaban J connectivity index is 1.77. The van der Waals surface area contributed by atoms with E-state index in [0.29, 0.717) is 11.1 Å². The molecule has 1 unspecified atom stereocenters. The zero-order chi connectivity index (χ0) is 13.7. The van der Waals surface area contributed by atoms with E-state index >= 15 is 0 Å². The summed E-state index contributed by atoms with van der Waals surface area (Å²) in [6.45, 7) is 6.22. The molecular formula is C14H21N3OS. The van der Waals surface area contributed by atoms with Crippen molar-refractivity contribution < 1.29 is 4.74 Å². The van der Waals surface area contributed by atoms with Gasteiger partial charge in [0.2, 0.25) is 5.88 Å². The number of aliphatic imine (C=N–C) groups is 1. The normalized spacial score (nSPS) is 18.5. The van der Waals surface area contributed by atoms with Crippen LogP contribution in [0.3, 0.4) is 0 Å². The van der Waals surface area contributed by atoms with Gasteiger partial charge in [-0.25, -0.2) is 4.98 Å². The van der Waals surface area contributed by atoms with Crippen molar-refractivity contribution in [3.05, 3.63) is 23.9 Å². The third kappa shape index (κ3) is 4.42. The first kappa shape index (κ1) is 14.2. The van der Waals surface area contributed by atoms with Crippen molar-refractivity contribution in [2.24, 2.45) is 10.9 Å². The number of hydrogen-bond donors (Lipinski definition) is 1. The quantitative estimate of drug-likeness (QED) is 0.900. The fourth-order valence-corrected chi connectivity index (χ4v) is 3.23. The van der Waals surface area contributed by atoms with Gasteiger partial charge in [-0.05, 0) is 17.9 Å². The third-order valence-corrected chi connectivity index (χ3v) is 4.07. The van der Waals surface area contributed by atoms with Crippen molar-refractivity contribution >= 4 is 16.9 Å². The topological polar surface area (TPSA) is 46.5 Å². The van der Waals surface area contributed by atoms with Crippen LogP contribution in [0.15, 0.2) is 23.3 Å². The monoisotopic (exact) mass is 279 g/mol. The van der Waals surface area contributed by atoms with E-state index in [1.54, 1.807) is 7.11 Å². The third-order valence-electron chi connectivity index (χ3n) is 2.90. The van der Waals surface area contributed by atoms with E-state index in [2.05, 4.69) is 29.1 Å². The first-order valence-corrected chi connectivity index (χ1v) is 7.49. The lowest BCUT2D eigenvalue weighted by Gasteiger charge is -2.11. The minimum Gasteiger partial charge on any atom is -0.481 e. The van der Waals surface area contributed by atoms with E-state index in [1.165, 1.54) is 6.42 Å². The lowest BCUT2D eigenvalue weighted by molar-refractivity contribution is 0.397. The highest BCUT2D eigenvalue weighted by atomic mass is 32.2. The molecule has 1 aliphatic heterocycles. The number of pyridine rings is 1. The van der Waals surface area contributed by atoms with Gasteiger partial charge in [-0.3, -0.25) is 4.99 Å². The maximum absolute atomic E-state index is 5.04. The summed E-state index contributed by atoms with van der Waals surface area (Å²) in [6.07, 6.45) is 3.06. The predicted octanol–water partition coefficient (Wildman–Crippen LogP) is 2.70. The zero-order valence-corrected chi connectivity index (χ0v) is 12.5.